The first-order valence-corrected chi connectivity index (χ1v) is 10.9. The van der Waals surface area contributed by atoms with Gasteiger partial charge in [-0.25, -0.2) is 12.8 Å². The van der Waals surface area contributed by atoms with E-state index in [0.29, 0.717) is 37.4 Å². The molecule has 1 atom stereocenters. The summed E-state index contributed by atoms with van der Waals surface area (Å²) >= 11 is 0. The van der Waals surface area contributed by atoms with E-state index in [4.69, 9.17) is 0 Å². The second-order valence-corrected chi connectivity index (χ2v) is 8.94. The van der Waals surface area contributed by atoms with E-state index in [-0.39, 0.29) is 6.54 Å². The molecule has 1 saturated heterocycles. The Morgan fingerprint density at radius 3 is 2.54 bits per heavy atom. The maximum atomic E-state index is 13.4. The van der Waals surface area contributed by atoms with Crippen LogP contribution in [-0.4, -0.2) is 62.9 Å². The molecule has 2 aliphatic heterocycles. The Kier molecular flexibility index (Phi) is 4.96. The van der Waals surface area contributed by atoms with E-state index in [1.807, 2.05) is 30.3 Å². The summed E-state index contributed by atoms with van der Waals surface area (Å²) in [6.45, 7) is 2.49. The Morgan fingerprint density at radius 2 is 1.86 bits per heavy atom. The van der Waals surface area contributed by atoms with Crippen LogP contribution in [0.4, 0.5) is 10.1 Å². The molecule has 28 heavy (non-hydrogen) atoms. The van der Waals surface area contributed by atoms with Crippen LogP contribution in [0.25, 0.3) is 6.08 Å². The van der Waals surface area contributed by atoms with Crippen LogP contribution in [0.5, 0.6) is 0 Å². The second-order valence-electron chi connectivity index (χ2n) is 6.96. The standard InChI is InChI=1S/C20H21FN4O2S/c1-28(26,27)25-10-8-24(9-11-25)19-6-3-15(4-7-19)2-5-18-13-16-12-17(21)14-22-20(16)23-18/h3-4,6-7,12-13,17H,8-11,14H2,1H3,(H,22,23)/t17-/m0/s1. The predicted octanol–water partition coefficient (Wildman–Crippen LogP) is 0.248. The van der Waals surface area contributed by atoms with Crippen LogP contribution in [0.3, 0.4) is 0 Å². The van der Waals surface area contributed by atoms with Crippen molar-refractivity contribution < 1.29 is 12.8 Å². The number of hydrogen-bond donors (Lipinski definition) is 1. The highest BCUT2D eigenvalue weighted by atomic mass is 32.2. The molecule has 0 unspecified atom stereocenters. The number of rotatable bonds is 2. The zero-order valence-electron chi connectivity index (χ0n) is 15.5. The van der Waals surface area contributed by atoms with Gasteiger partial charge in [-0.05, 0) is 42.3 Å². The minimum Gasteiger partial charge on any atom is -0.369 e. The number of sulfonamides is 1. The van der Waals surface area contributed by atoms with Crippen LogP contribution < -0.4 is 15.6 Å². The molecular formula is C20H21FN4O2S. The Hall–Kier alpha value is -2.63. The zero-order valence-corrected chi connectivity index (χ0v) is 16.3. The van der Waals surface area contributed by atoms with E-state index >= 15 is 0 Å². The normalized spacial score (nSPS) is 19.8. The van der Waals surface area contributed by atoms with Crippen LogP contribution in [0.2, 0.25) is 0 Å². The van der Waals surface area contributed by atoms with Crippen molar-refractivity contribution in [1.82, 2.24) is 9.29 Å². The average Bonchev–Trinajstić information content (AvgIpc) is 3.08. The molecular weight excluding hydrogens is 379 g/mol. The lowest BCUT2D eigenvalue weighted by atomic mass is 10.2. The van der Waals surface area contributed by atoms with Crippen LogP contribution in [0, 0.1) is 11.8 Å². The molecule has 1 aromatic carbocycles. The topological polar surface area (TPSA) is 68.8 Å². The lowest BCUT2D eigenvalue weighted by Gasteiger charge is -2.34. The highest BCUT2D eigenvalue weighted by Gasteiger charge is 2.23. The van der Waals surface area contributed by atoms with Gasteiger partial charge in [0, 0.05) is 42.6 Å². The fourth-order valence-corrected chi connectivity index (χ4v) is 4.21. The third-order valence-electron chi connectivity index (χ3n) is 4.89. The monoisotopic (exact) mass is 400 g/mol. The first-order chi connectivity index (χ1) is 13.4. The molecule has 2 aliphatic rings. The number of nitrogens with zero attached hydrogens (tertiary/aromatic N) is 3. The maximum Gasteiger partial charge on any atom is 0.211 e. The van der Waals surface area contributed by atoms with E-state index in [1.54, 1.807) is 6.08 Å². The molecule has 0 saturated carbocycles. The maximum absolute atomic E-state index is 13.4. The molecule has 4 rings (SSSR count). The molecule has 0 aliphatic carbocycles. The van der Waals surface area contributed by atoms with Gasteiger partial charge in [0.25, 0.3) is 0 Å². The van der Waals surface area contributed by atoms with E-state index in [1.165, 1.54) is 10.6 Å². The van der Waals surface area contributed by atoms with Crippen molar-refractivity contribution in [3.63, 3.8) is 0 Å². The molecule has 2 aromatic rings. The number of benzene rings is 1. The Bertz CT molecular complexity index is 1150. The average molecular weight is 400 g/mol. The fourth-order valence-electron chi connectivity index (χ4n) is 3.38. The van der Waals surface area contributed by atoms with Crippen LogP contribution >= 0.6 is 0 Å². The molecule has 0 spiro atoms. The number of nitrogens with one attached hydrogen (secondary N) is 1. The smallest absolute Gasteiger partial charge is 0.211 e. The van der Waals surface area contributed by atoms with Crippen molar-refractivity contribution >= 4 is 21.8 Å². The van der Waals surface area contributed by atoms with Crippen LogP contribution in [0.1, 0.15) is 11.3 Å². The number of aromatic nitrogens is 1. The van der Waals surface area contributed by atoms with Crippen molar-refractivity contribution in [2.45, 2.75) is 6.17 Å². The quantitative estimate of drug-likeness (QED) is 0.735. The minimum absolute atomic E-state index is 0.153. The molecule has 146 valence electrons. The number of aromatic amines is 1. The second kappa shape index (κ2) is 7.41. The molecule has 6 nitrogen and oxygen atoms in total. The molecule has 1 aromatic heterocycles. The largest absolute Gasteiger partial charge is 0.369 e. The van der Waals surface area contributed by atoms with Gasteiger partial charge in [0.2, 0.25) is 10.0 Å². The highest BCUT2D eigenvalue weighted by molar-refractivity contribution is 7.88. The van der Waals surface area contributed by atoms with Crippen molar-refractivity contribution in [2.24, 2.45) is 4.99 Å². The molecule has 1 fully saturated rings. The van der Waals surface area contributed by atoms with Gasteiger partial charge in [-0.2, -0.15) is 4.31 Å². The summed E-state index contributed by atoms with van der Waals surface area (Å²) in [6, 6.07) is 9.70. The first-order valence-electron chi connectivity index (χ1n) is 9.10. The minimum atomic E-state index is -3.12. The number of alkyl halides is 1. The van der Waals surface area contributed by atoms with Gasteiger partial charge in [0.15, 0.2) is 0 Å². The highest BCUT2D eigenvalue weighted by Crippen LogP contribution is 2.18. The first kappa shape index (κ1) is 18.7. The molecule has 3 heterocycles. The van der Waals surface area contributed by atoms with Gasteiger partial charge < -0.3 is 9.88 Å². The third-order valence-corrected chi connectivity index (χ3v) is 6.20. The summed E-state index contributed by atoms with van der Waals surface area (Å²) < 4.78 is 38.1. The number of hydrogen-bond acceptors (Lipinski definition) is 4. The van der Waals surface area contributed by atoms with E-state index in [9.17, 15) is 12.8 Å². The van der Waals surface area contributed by atoms with Gasteiger partial charge in [-0.15, -0.1) is 0 Å². The van der Waals surface area contributed by atoms with Gasteiger partial charge in [-0.3, -0.25) is 4.99 Å². The Morgan fingerprint density at radius 1 is 1.14 bits per heavy atom. The molecule has 1 N–H and O–H groups in total. The number of halogens is 1. The summed E-state index contributed by atoms with van der Waals surface area (Å²) in [6.07, 6.45) is 1.78. The van der Waals surface area contributed by atoms with Crippen molar-refractivity contribution in [3.05, 3.63) is 52.3 Å². The zero-order chi connectivity index (χ0) is 19.7. The summed E-state index contributed by atoms with van der Waals surface area (Å²) in [7, 11) is -3.12. The Balaban J connectivity index is 1.44. The van der Waals surface area contributed by atoms with Gasteiger partial charge in [-0.1, -0.05) is 5.92 Å². The van der Waals surface area contributed by atoms with Crippen molar-refractivity contribution in [2.75, 3.05) is 43.9 Å². The van der Waals surface area contributed by atoms with Crippen LogP contribution in [-0.2, 0) is 10.0 Å². The predicted molar refractivity (Wildman–Crippen MR) is 107 cm³/mol. The summed E-state index contributed by atoms with van der Waals surface area (Å²) in [5.41, 5.74) is 3.31. The van der Waals surface area contributed by atoms with E-state index < -0.39 is 16.2 Å². The van der Waals surface area contributed by atoms with Crippen molar-refractivity contribution in [3.8, 4) is 11.8 Å². The lowest BCUT2D eigenvalue weighted by Crippen LogP contribution is -2.48. The van der Waals surface area contributed by atoms with Gasteiger partial charge >= 0.3 is 0 Å². The number of piperazine rings is 1. The van der Waals surface area contributed by atoms with Crippen molar-refractivity contribution in [1.29, 1.82) is 0 Å². The van der Waals surface area contributed by atoms with E-state index in [2.05, 4.69) is 26.7 Å². The molecule has 8 heteroatoms. The molecule has 0 bridgehead atoms. The molecule has 0 amide bonds. The van der Waals surface area contributed by atoms with Crippen LogP contribution in [0.15, 0.2) is 35.3 Å². The number of H-pyrrole nitrogens is 1. The number of fused-ring (bicyclic) bond motifs is 1. The summed E-state index contributed by atoms with van der Waals surface area (Å²) in [4.78, 5) is 9.43. The Labute approximate surface area is 163 Å². The third kappa shape index (κ3) is 4.11. The fraction of sp³-hybridized carbons (Fsp3) is 0.350. The summed E-state index contributed by atoms with van der Waals surface area (Å²) in [5.74, 6) is 6.16. The van der Waals surface area contributed by atoms with Gasteiger partial charge in [0.05, 0.1) is 18.5 Å². The van der Waals surface area contributed by atoms with Gasteiger partial charge in [0.1, 0.15) is 11.7 Å². The number of anilines is 1. The summed E-state index contributed by atoms with van der Waals surface area (Å²) in [5, 5.41) is 0.756. The van der Waals surface area contributed by atoms with E-state index in [0.717, 1.165) is 16.5 Å². The lowest BCUT2D eigenvalue weighted by molar-refractivity contribution is 0.388. The SMILES string of the molecule is CS(=O)(=O)N1CCN(c2ccc(C#Cc3cc4c([nH]3)=NC[C@@H](F)C=4)cc2)CC1. The molecule has 0 radical (unpaired) electrons.